The molecule has 0 saturated heterocycles. The van der Waals surface area contributed by atoms with Gasteiger partial charge in [0.05, 0.1) is 5.56 Å². The van der Waals surface area contributed by atoms with Gasteiger partial charge in [-0.05, 0) is 60.7 Å². The highest BCUT2D eigenvalue weighted by Crippen LogP contribution is 2.31. The van der Waals surface area contributed by atoms with E-state index in [0.717, 1.165) is 29.2 Å². The predicted molar refractivity (Wildman–Crippen MR) is 135 cm³/mol. The van der Waals surface area contributed by atoms with E-state index < -0.39 is 23.0 Å². The fourth-order valence-electron chi connectivity index (χ4n) is 3.25. The summed E-state index contributed by atoms with van der Waals surface area (Å²) in [5.41, 5.74) is 7.87. The standard InChI is InChI=1S/C25H21F2N5O2S/c1-32(2)17-12-10-15(11-13-17)29-24(34)14-6-8-16(9-7-14)30-25-31-23(28)22(35-25)21(33)20-18(26)4-3-5-19(20)27/h3-13H,28H2,1-2H3,(H,29,34)(H,30,31). The molecular formula is C25H21F2N5O2S. The first-order chi connectivity index (χ1) is 16.7. The molecule has 3 aromatic carbocycles. The highest BCUT2D eigenvalue weighted by molar-refractivity contribution is 7.18. The minimum atomic E-state index is -0.972. The van der Waals surface area contributed by atoms with E-state index in [9.17, 15) is 18.4 Å². The zero-order chi connectivity index (χ0) is 25.1. The zero-order valence-electron chi connectivity index (χ0n) is 18.8. The first-order valence-corrected chi connectivity index (χ1v) is 11.3. The number of carbonyl (C=O) groups excluding carboxylic acids is 2. The first-order valence-electron chi connectivity index (χ1n) is 10.4. The number of halogens is 2. The summed E-state index contributed by atoms with van der Waals surface area (Å²) in [6, 6.07) is 17.2. The van der Waals surface area contributed by atoms with Gasteiger partial charge in [-0.2, -0.15) is 0 Å². The minimum Gasteiger partial charge on any atom is -0.382 e. The van der Waals surface area contributed by atoms with Crippen molar-refractivity contribution in [3.8, 4) is 0 Å². The van der Waals surface area contributed by atoms with Gasteiger partial charge in [0, 0.05) is 36.7 Å². The molecule has 0 bridgehead atoms. The number of thiazole rings is 1. The second-order valence-electron chi connectivity index (χ2n) is 7.76. The van der Waals surface area contributed by atoms with E-state index >= 15 is 0 Å². The summed E-state index contributed by atoms with van der Waals surface area (Å²) < 4.78 is 28.0. The normalized spacial score (nSPS) is 10.6. The lowest BCUT2D eigenvalue weighted by molar-refractivity contribution is 0.102. The van der Waals surface area contributed by atoms with Crippen molar-refractivity contribution >= 4 is 51.0 Å². The number of nitrogens with zero attached hydrogens (tertiary/aromatic N) is 2. The van der Waals surface area contributed by atoms with Crippen LogP contribution in [-0.2, 0) is 0 Å². The average Bonchev–Trinajstić information content (AvgIpc) is 3.19. The molecule has 1 heterocycles. The Balaban J connectivity index is 1.44. The van der Waals surface area contributed by atoms with Gasteiger partial charge in [0.15, 0.2) is 5.13 Å². The third-order valence-electron chi connectivity index (χ3n) is 5.09. The maximum Gasteiger partial charge on any atom is 0.255 e. The summed E-state index contributed by atoms with van der Waals surface area (Å²) in [5.74, 6) is -3.23. The fraction of sp³-hybridized carbons (Fsp3) is 0.0800. The predicted octanol–water partition coefficient (Wildman–Crippen LogP) is 5.30. The Morgan fingerprint density at radius 2 is 1.51 bits per heavy atom. The molecule has 0 aliphatic carbocycles. The lowest BCUT2D eigenvalue weighted by Gasteiger charge is -2.13. The lowest BCUT2D eigenvalue weighted by Crippen LogP contribution is -2.12. The second-order valence-corrected chi connectivity index (χ2v) is 8.76. The molecule has 0 unspecified atom stereocenters. The van der Waals surface area contributed by atoms with Crippen molar-refractivity contribution in [1.29, 1.82) is 0 Å². The molecule has 0 radical (unpaired) electrons. The molecule has 1 aromatic heterocycles. The average molecular weight is 494 g/mol. The molecule has 0 fully saturated rings. The van der Waals surface area contributed by atoms with Crippen molar-refractivity contribution in [2.24, 2.45) is 0 Å². The van der Waals surface area contributed by atoms with E-state index in [2.05, 4.69) is 15.6 Å². The molecule has 0 saturated carbocycles. The van der Waals surface area contributed by atoms with Crippen LogP contribution in [0.25, 0.3) is 0 Å². The number of hydrogen-bond acceptors (Lipinski definition) is 7. The van der Waals surface area contributed by atoms with Gasteiger partial charge in [0.2, 0.25) is 5.78 Å². The van der Waals surface area contributed by atoms with Crippen LogP contribution in [-0.4, -0.2) is 30.8 Å². The highest BCUT2D eigenvalue weighted by atomic mass is 32.1. The number of ketones is 1. The second kappa shape index (κ2) is 9.90. The maximum atomic E-state index is 14.0. The Hall–Kier alpha value is -4.31. The molecule has 0 aliphatic heterocycles. The molecule has 1 amide bonds. The molecule has 10 heteroatoms. The molecular weight excluding hydrogens is 472 g/mol. The van der Waals surface area contributed by atoms with Gasteiger partial charge in [-0.15, -0.1) is 0 Å². The third kappa shape index (κ3) is 5.28. The number of nitrogens with two attached hydrogens (primary N) is 1. The number of hydrogen-bond donors (Lipinski definition) is 3. The van der Waals surface area contributed by atoms with Crippen LogP contribution in [0.15, 0.2) is 66.7 Å². The molecule has 4 rings (SSSR count). The molecule has 0 spiro atoms. The van der Waals surface area contributed by atoms with E-state index in [4.69, 9.17) is 5.73 Å². The smallest absolute Gasteiger partial charge is 0.255 e. The monoisotopic (exact) mass is 493 g/mol. The fourth-order valence-corrected chi connectivity index (χ4v) is 4.10. The van der Waals surface area contributed by atoms with Crippen LogP contribution in [0.4, 0.5) is 36.8 Å². The molecule has 4 aromatic rings. The Bertz CT molecular complexity index is 1370. The zero-order valence-corrected chi connectivity index (χ0v) is 19.6. The summed E-state index contributed by atoms with van der Waals surface area (Å²) >= 11 is 0.877. The van der Waals surface area contributed by atoms with Crippen LogP contribution in [0.2, 0.25) is 0 Å². The number of nitrogen functional groups attached to an aromatic ring is 1. The summed E-state index contributed by atoms with van der Waals surface area (Å²) in [4.78, 5) is 31.1. The van der Waals surface area contributed by atoms with Crippen molar-refractivity contribution < 1.29 is 18.4 Å². The van der Waals surface area contributed by atoms with Crippen molar-refractivity contribution in [3.63, 3.8) is 0 Å². The number of rotatable bonds is 7. The van der Waals surface area contributed by atoms with Gasteiger partial charge >= 0.3 is 0 Å². The highest BCUT2D eigenvalue weighted by Gasteiger charge is 2.24. The number of amides is 1. The quantitative estimate of drug-likeness (QED) is 0.302. The topological polar surface area (TPSA) is 100 Å². The van der Waals surface area contributed by atoms with E-state index in [0.29, 0.717) is 16.9 Å². The van der Waals surface area contributed by atoms with Gasteiger partial charge < -0.3 is 21.3 Å². The summed E-state index contributed by atoms with van der Waals surface area (Å²) in [7, 11) is 3.87. The van der Waals surface area contributed by atoms with E-state index in [1.807, 2.05) is 43.3 Å². The van der Waals surface area contributed by atoms with E-state index in [-0.39, 0.29) is 21.7 Å². The van der Waals surface area contributed by atoms with Crippen LogP contribution in [0.3, 0.4) is 0 Å². The Morgan fingerprint density at radius 1 is 0.914 bits per heavy atom. The van der Waals surface area contributed by atoms with E-state index in [1.165, 1.54) is 6.07 Å². The molecule has 35 heavy (non-hydrogen) atoms. The maximum absolute atomic E-state index is 14.0. The van der Waals surface area contributed by atoms with Crippen molar-refractivity contribution in [1.82, 2.24) is 4.98 Å². The number of carbonyl (C=O) groups is 2. The molecule has 7 nitrogen and oxygen atoms in total. The van der Waals surface area contributed by atoms with Gasteiger partial charge in [-0.25, -0.2) is 13.8 Å². The van der Waals surface area contributed by atoms with Crippen LogP contribution in [0, 0.1) is 11.6 Å². The van der Waals surface area contributed by atoms with Crippen LogP contribution < -0.4 is 21.3 Å². The van der Waals surface area contributed by atoms with Crippen molar-refractivity contribution in [2.45, 2.75) is 0 Å². The lowest BCUT2D eigenvalue weighted by atomic mass is 10.1. The van der Waals surface area contributed by atoms with Gasteiger partial charge in [0.1, 0.15) is 22.3 Å². The molecule has 0 aliphatic rings. The number of benzene rings is 3. The first kappa shape index (κ1) is 23.8. The minimum absolute atomic E-state index is 0.0761. The largest absolute Gasteiger partial charge is 0.382 e. The Labute approximate surface area is 204 Å². The Kier molecular flexibility index (Phi) is 6.74. The summed E-state index contributed by atoms with van der Waals surface area (Å²) in [5, 5.41) is 6.09. The molecule has 0 atom stereocenters. The number of nitrogens with one attached hydrogen (secondary N) is 2. The molecule has 178 valence electrons. The third-order valence-corrected chi connectivity index (χ3v) is 6.07. The summed E-state index contributed by atoms with van der Waals surface area (Å²) in [6.07, 6.45) is 0. The van der Waals surface area contributed by atoms with Crippen LogP contribution >= 0.6 is 11.3 Å². The van der Waals surface area contributed by atoms with Crippen LogP contribution in [0.5, 0.6) is 0 Å². The summed E-state index contributed by atoms with van der Waals surface area (Å²) in [6.45, 7) is 0. The molecule has 4 N–H and O–H groups in total. The van der Waals surface area contributed by atoms with E-state index in [1.54, 1.807) is 24.3 Å². The Morgan fingerprint density at radius 3 is 2.11 bits per heavy atom. The van der Waals surface area contributed by atoms with Crippen molar-refractivity contribution in [2.75, 3.05) is 35.4 Å². The number of aromatic nitrogens is 1. The number of anilines is 5. The van der Waals surface area contributed by atoms with Crippen LogP contribution in [0.1, 0.15) is 25.6 Å². The van der Waals surface area contributed by atoms with Crippen molar-refractivity contribution in [3.05, 3.63) is 94.4 Å². The van der Waals surface area contributed by atoms with Gasteiger partial charge in [0.25, 0.3) is 5.91 Å². The van der Waals surface area contributed by atoms with Gasteiger partial charge in [-0.1, -0.05) is 17.4 Å². The van der Waals surface area contributed by atoms with Gasteiger partial charge in [-0.3, -0.25) is 9.59 Å². The SMILES string of the molecule is CN(C)c1ccc(NC(=O)c2ccc(Nc3nc(N)c(C(=O)c4c(F)cccc4F)s3)cc2)cc1.